The summed E-state index contributed by atoms with van der Waals surface area (Å²) in [7, 11) is 0. The van der Waals surface area contributed by atoms with Crippen LogP contribution in [0, 0.1) is 26.0 Å². The van der Waals surface area contributed by atoms with E-state index in [1.807, 2.05) is 140 Å². The predicted molar refractivity (Wildman–Crippen MR) is 256 cm³/mol. The van der Waals surface area contributed by atoms with Gasteiger partial charge in [0.15, 0.2) is 0 Å². The van der Waals surface area contributed by atoms with E-state index in [1.165, 1.54) is 30.3 Å². The molecule has 0 saturated heterocycles. The number of aromatic amines is 1. The summed E-state index contributed by atoms with van der Waals surface area (Å²) >= 11 is 0. The van der Waals surface area contributed by atoms with Crippen molar-refractivity contribution in [2.24, 2.45) is 0 Å². The van der Waals surface area contributed by atoms with E-state index in [0.717, 1.165) is 51.2 Å². The monoisotopic (exact) mass is 901 g/mol. The van der Waals surface area contributed by atoms with Crippen molar-refractivity contribution in [2.45, 2.75) is 31.3 Å². The standard InChI is InChI=1S/C15H14N2O4.C15H14N2O.C15H12N2O.C6H4FNO2/c18-15(19)13(10-11-6-2-1-3-7-11)16-12-8-4-5-9-14(12)17(20)21;2*18-15-14(10-11-6-2-1-3-7-11)16-12-8-4-5-9-13(12)17-15;7-5-3-1-2-4-6(5)8(9)10/h1-9,13,16H,10H2,(H,18,19);1-9,14,16H,10H2,(H,17,18);1-9H,10H2,(H,17,18);1-4H/t13-;14-;;/m00../s1. The number of aliphatic carboxylic acids is 1. The highest BCUT2D eigenvalue weighted by Crippen LogP contribution is 2.27. The summed E-state index contributed by atoms with van der Waals surface area (Å²) in [5.74, 6) is -1.83. The Kier molecular flexibility index (Phi) is 16.7. The van der Waals surface area contributed by atoms with Crippen LogP contribution in [0.3, 0.4) is 0 Å². The molecule has 0 unspecified atom stereocenters. The number of anilines is 3. The molecule has 5 N–H and O–H groups in total. The number of nitrogens with zero attached hydrogens (tertiary/aromatic N) is 3. The van der Waals surface area contributed by atoms with Crippen LogP contribution in [0.5, 0.6) is 0 Å². The van der Waals surface area contributed by atoms with Crippen molar-refractivity contribution in [3.63, 3.8) is 0 Å². The van der Waals surface area contributed by atoms with E-state index in [4.69, 9.17) is 0 Å². The molecule has 8 aromatic rings. The van der Waals surface area contributed by atoms with Crippen LogP contribution in [-0.2, 0) is 28.9 Å². The highest BCUT2D eigenvalue weighted by Gasteiger charge is 2.25. The third-order valence-corrected chi connectivity index (χ3v) is 10.1. The number of carboxylic acid groups (broad SMARTS) is 1. The summed E-state index contributed by atoms with van der Waals surface area (Å²) in [6.45, 7) is 0. The Hall–Kier alpha value is -9.05. The summed E-state index contributed by atoms with van der Waals surface area (Å²) in [5, 5.41) is 39.2. The molecule has 1 aromatic heterocycles. The number of hydrogen-bond donors (Lipinski definition) is 5. The minimum atomic E-state index is -1.06. The summed E-state index contributed by atoms with van der Waals surface area (Å²) in [5.41, 5.74) is 6.54. The smallest absolute Gasteiger partial charge is 0.326 e. The topological polar surface area (TPSA) is 222 Å². The number of nitrogens with one attached hydrogen (secondary N) is 4. The lowest BCUT2D eigenvalue weighted by Crippen LogP contribution is -2.40. The van der Waals surface area contributed by atoms with Crippen molar-refractivity contribution in [3.05, 3.63) is 247 Å². The van der Waals surface area contributed by atoms with Crippen molar-refractivity contribution in [2.75, 3.05) is 16.0 Å². The Morgan fingerprint density at radius 3 is 1.79 bits per heavy atom. The molecule has 2 heterocycles. The number of nitro benzene ring substituents is 2. The van der Waals surface area contributed by atoms with Crippen LogP contribution < -0.4 is 21.5 Å². The van der Waals surface area contributed by atoms with Crippen LogP contribution in [0.15, 0.2) is 193 Å². The average molecular weight is 902 g/mol. The van der Waals surface area contributed by atoms with Crippen molar-refractivity contribution in [3.8, 4) is 0 Å². The number of amides is 1. The molecule has 7 aromatic carbocycles. The molecule has 2 atom stereocenters. The molecule has 67 heavy (non-hydrogen) atoms. The lowest BCUT2D eigenvalue weighted by atomic mass is 10.0. The van der Waals surface area contributed by atoms with E-state index in [-0.39, 0.29) is 35.3 Å². The minimum Gasteiger partial charge on any atom is -0.480 e. The molecule has 16 heteroatoms. The Balaban J connectivity index is 0.000000151. The largest absolute Gasteiger partial charge is 0.480 e. The van der Waals surface area contributed by atoms with E-state index in [0.29, 0.717) is 18.5 Å². The Morgan fingerprint density at radius 2 is 1.18 bits per heavy atom. The second kappa shape index (κ2) is 23.6. The normalized spacial score (nSPS) is 12.6. The number of nitro groups is 2. The maximum Gasteiger partial charge on any atom is 0.326 e. The number of carbonyl (C=O) groups is 2. The van der Waals surface area contributed by atoms with Gasteiger partial charge in [0.2, 0.25) is 11.7 Å². The third kappa shape index (κ3) is 14.0. The molecule has 0 radical (unpaired) electrons. The van der Waals surface area contributed by atoms with Gasteiger partial charge in [0.1, 0.15) is 23.5 Å². The summed E-state index contributed by atoms with van der Waals surface area (Å²) in [6, 6.07) is 54.2. The van der Waals surface area contributed by atoms with Crippen molar-refractivity contribution in [1.29, 1.82) is 0 Å². The fourth-order valence-electron chi connectivity index (χ4n) is 6.75. The number of aromatic nitrogens is 2. The van der Waals surface area contributed by atoms with Gasteiger partial charge >= 0.3 is 11.7 Å². The zero-order valence-corrected chi connectivity index (χ0v) is 35.7. The maximum atomic E-state index is 12.4. The van der Waals surface area contributed by atoms with E-state index in [9.17, 15) is 44.1 Å². The van der Waals surface area contributed by atoms with E-state index >= 15 is 0 Å². The van der Waals surface area contributed by atoms with E-state index < -0.39 is 33.4 Å². The summed E-state index contributed by atoms with van der Waals surface area (Å²) in [4.78, 5) is 62.2. The third-order valence-electron chi connectivity index (χ3n) is 10.1. The molecule has 1 aliphatic heterocycles. The quantitative estimate of drug-likeness (QED) is 0.0607. The number of hydrogen-bond acceptors (Lipinski definition) is 10. The van der Waals surface area contributed by atoms with Crippen molar-refractivity contribution < 1.29 is 28.9 Å². The molecule has 0 saturated carbocycles. The van der Waals surface area contributed by atoms with Crippen LogP contribution in [0.2, 0.25) is 0 Å². The number of halogens is 1. The molecule has 9 rings (SSSR count). The average Bonchev–Trinajstić information content (AvgIpc) is 3.33. The maximum absolute atomic E-state index is 12.4. The fraction of sp³-hybridized carbons (Fsp3) is 0.0980. The van der Waals surface area contributed by atoms with Gasteiger partial charge in [-0.25, -0.2) is 9.78 Å². The number of H-pyrrole nitrogens is 1. The van der Waals surface area contributed by atoms with Gasteiger partial charge in [0.25, 0.3) is 11.2 Å². The number of fused-ring (bicyclic) bond motifs is 2. The molecule has 0 fully saturated rings. The second-order valence-corrected chi connectivity index (χ2v) is 14.8. The molecular weight excluding hydrogens is 858 g/mol. The minimum absolute atomic E-state index is 0.0255. The highest BCUT2D eigenvalue weighted by molar-refractivity contribution is 6.03. The van der Waals surface area contributed by atoms with Crippen molar-refractivity contribution in [1.82, 2.24) is 9.97 Å². The number of rotatable bonds is 11. The second-order valence-electron chi connectivity index (χ2n) is 14.8. The number of carboxylic acids is 1. The molecule has 0 bridgehead atoms. The first-order chi connectivity index (χ1) is 32.4. The van der Waals surface area contributed by atoms with Gasteiger partial charge in [0.05, 0.1) is 32.3 Å². The number of benzene rings is 7. The molecule has 0 aliphatic carbocycles. The SMILES string of the molecule is O=C(O)[C@H](Cc1ccccc1)Nc1ccccc1[N+](=O)[O-].O=C1Nc2ccccc2N[C@H]1Cc1ccccc1.O=[N+]([O-])c1ccccc1F.O=c1[nH]c2ccccc2nc1Cc1ccccc1. The molecule has 15 nitrogen and oxygen atoms in total. The first-order valence-corrected chi connectivity index (χ1v) is 20.8. The van der Waals surface area contributed by atoms with Gasteiger partial charge in [-0.2, -0.15) is 4.39 Å². The van der Waals surface area contributed by atoms with Gasteiger partial charge in [-0.1, -0.05) is 140 Å². The molecule has 1 amide bonds. The summed E-state index contributed by atoms with van der Waals surface area (Å²) in [6.07, 6.45) is 1.49. The zero-order valence-electron chi connectivity index (χ0n) is 35.7. The van der Waals surface area contributed by atoms with Crippen molar-refractivity contribution >= 4 is 51.3 Å². The number of para-hydroxylation sites is 7. The van der Waals surface area contributed by atoms with Gasteiger partial charge in [-0.15, -0.1) is 0 Å². The lowest BCUT2D eigenvalue weighted by Gasteiger charge is -2.26. The lowest BCUT2D eigenvalue weighted by molar-refractivity contribution is -0.387. The van der Waals surface area contributed by atoms with E-state index in [2.05, 4.69) is 25.9 Å². The van der Waals surface area contributed by atoms with Crippen LogP contribution in [0.4, 0.5) is 32.8 Å². The fourth-order valence-corrected chi connectivity index (χ4v) is 6.75. The summed E-state index contributed by atoms with van der Waals surface area (Å²) < 4.78 is 12.4. The van der Waals surface area contributed by atoms with Crippen LogP contribution in [-0.4, -0.2) is 48.9 Å². The van der Waals surface area contributed by atoms with Crippen LogP contribution in [0.25, 0.3) is 11.0 Å². The Labute approximate surface area is 383 Å². The highest BCUT2D eigenvalue weighted by atomic mass is 19.1. The zero-order chi connectivity index (χ0) is 47.5. The van der Waals surface area contributed by atoms with E-state index in [1.54, 1.807) is 6.07 Å². The number of carbonyl (C=O) groups excluding carboxylic acids is 1. The first kappa shape index (κ1) is 47.4. The molecule has 338 valence electrons. The first-order valence-electron chi connectivity index (χ1n) is 20.8. The molecular formula is C51H44FN7O8. The molecule has 0 spiro atoms. The Morgan fingerprint density at radius 1 is 0.657 bits per heavy atom. The van der Waals surface area contributed by atoms with Gasteiger partial charge in [-0.05, 0) is 53.1 Å². The van der Waals surface area contributed by atoms with Gasteiger partial charge in [0, 0.05) is 31.4 Å². The van der Waals surface area contributed by atoms with Gasteiger partial charge < -0.3 is 26.0 Å². The van der Waals surface area contributed by atoms with Crippen LogP contribution >= 0.6 is 0 Å². The Bertz CT molecular complexity index is 3000. The van der Waals surface area contributed by atoms with Gasteiger partial charge in [-0.3, -0.25) is 29.8 Å². The van der Waals surface area contributed by atoms with Crippen LogP contribution in [0.1, 0.15) is 22.4 Å². The predicted octanol–water partition coefficient (Wildman–Crippen LogP) is 9.61. The molecule has 1 aliphatic rings.